The first-order chi connectivity index (χ1) is 6.07. The van der Waals surface area contributed by atoms with E-state index in [-0.39, 0.29) is 21.6 Å². The normalized spacial score (nSPS) is 10.2. The van der Waals surface area contributed by atoms with E-state index in [1.54, 1.807) is 0 Å². The topological polar surface area (TPSA) is 43.1 Å². The third-order valence-corrected chi connectivity index (χ3v) is 2.44. The van der Waals surface area contributed by atoms with Gasteiger partial charge in [-0.2, -0.15) is 0 Å². The highest BCUT2D eigenvalue weighted by atomic mass is 79.9. The summed E-state index contributed by atoms with van der Waals surface area (Å²) in [6, 6.07) is 2.88. The maximum absolute atomic E-state index is 13.3. The van der Waals surface area contributed by atoms with Crippen molar-refractivity contribution in [1.82, 2.24) is 0 Å². The Hall–Kier alpha value is -0.450. The Morgan fingerprint density at radius 2 is 2.23 bits per heavy atom. The third kappa shape index (κ3) is 2.07. The van der Waals surface area contributed by atoms with Crippen molar-refractivity contribution < 1.29 is 9.18 Å². The highest BCUT2D eigenvalue weighted by molar-refractivity contribution is 9.10. The molecule has 2 N–H and O–H groups in total. The van der Waals surface area contributed by atoms with Gasteiger partial charge in [0.1, 0.15) is 5.82 Å². The minimum Gasteiger partial charge on any atom is -0.324 e. The standard InChI is InChI=1S/C8H6BrClFNO/c9-4-1-2-5(10)7(8(4)11)6(13)3-12/h1-2H,3,12H2. The Labute approximate surface area is 88.0 Å². The van der Waals surface area contributed by atoms with Crippen molar-refractivity contribution in [2.75, 3.05) is 6.54 Å². The van der Waals surface area contributed by atoms with Crippen molar-refractivity contribution >= 4 is 33.3 Å². The number of rotatable bonds is 2. The van der Waals surface area contributed by atoms with Gasteiger partial charge in [-0.25, -0.2) is 4.39 Å². The van der Waals surface area contributed by atoms with Crippen LogP contribution in [0.25, 0.3) is 0 Å². The maximum atomic E-state index is 13.3. The number of carbonyl (C=O) groups excluding carboxylic acids is 1. The lowest BCUT2D eigenvalue weighted by atomic mass is 10.1. The predicted molar refractivity (Wildman–Crippen MR) is 52.5 cm³/mol. The number of halogens is 3. The van der Waals surface area contributed by atoms with Gasteiger partial charge in [0, 0.05) is 0 Å². The summed E-state index contributed by atoms with van der Waals surface area (Å²) in [6.07, 6.45) is 0. The molecule has 0 aliphatic carbocycles. The molecule has 70 valence electrons. The predicted octanol–water partition coefficient (Wildman–Crippen LogP) is 2.38. The van der Waals surface area contributed by atoms with Crippen molar-refractivity contribution in [2.24, 2.45) is 5.73 Å². The molecular formula is C8H6BrClFNO. The zero-order chi connectivity index (χ0) is 10.0. The second-order valence-corrected chi connectivity index (χ2v) is 3.61. The molecule has 0 fully saturated rings. The number of hydrogen-bond donors (Lipinski definition) is 1. The van der Waals surface area contributed by atoms with E-state index in [0.717, 1.165) is 0 Å². The molecule has 0 radical (unpaired) electrons. The van der Waals surface area contributed by atoms with Crippen LogP contribution in [0, 0.1) is 5.82 Å². The SMILES string of the molecule is NCC(=O)c1c(Cl)ccc(Br)c1F. The lowest BCUT2D eigenvalue weighted by molar-refractivity contribution is 0.0997. The molecule has 0 atom stereocenters. The molecule has 0 unspecified atom stereocenters. The summed E-state index contributed by atoms with van der Waals surface area (Å²) in [4.78, 5) is 11.1. The van der Waals surface area contributed by atoms with E-state index in [9.17, 15) is 9.18 Å². The minimum atomic E-state index is -0.664. The van der Waals surface area contributed by atoms with E-state index in [4.69, 9.17) is 17.3 Å². The van der Waals surface area contributed by atoms with Gasteiger partial charge < -0.3 is 5.73 Å². The summed E-state index contributed by atoms with van der Waals surface area (Å²) in [6.45, 7) is -0.257. The van der Waals surface area contributed by atoms with Crippen LogP contribution in [0.2, 0.25) is 5.02 Å². The molecule has 2 nitrogen and oxygen atoms in total. The Morgan fingerprint density at radius 3 is 2.77 bits per heavy atom. The molecule has 1 aromatic rings. The van der Waals surface area contributed by atoms with Crippen LogP contribution in [-0.2, 0) is 0 Å². The van der Waals surface area contributed by atoms with Crippen molar-refractivity contribution in [3.8, 4) is 0 Å². The van der Waals surface area contributed by atoms with Crippen molar-refractivity contribution in [3.05, 3.63) is 33.0 Å². The van der Waals surface area contributed by atoms with Crippen LogP contribution in [-0.4, -0.2) is 12.3 Å². The first-order valence-corrected chi connectivity index (χ1v) is 4.61. The molecule has 5 heteroatoms. The van der Waals surface area contributed by atoms with Gasteiger partial charge in [-0.3, -0.25) is 4.79 Å². The lowest BCUT2D eigenvalue weighted by Gasteiger charge is -2.04. The number of Topliss-reactive ketones (excluding diaryl/α,β-unsaturated/α-hetero) is 1. The van der Waals surface area contributed by atoms with Crippen molar-refractivity contribution in [3.63, 3.8) is 0 Å². The molecular weight excluding hydrogens is 260 g/mol. The summed E-state index contributed by atoms with van der Waals surface area (Å²) in [5, 5.41) is 0.0798. The van der Waals surface area contributed by atoms with E-state index in [1.165, 1.54) is 12.1 Å². The van der Waals surface area contributed by atoms with Gasteiger partial charge in [0.05, 0.1) is 21.6 Å². The highest BCUT2D eigenvalue weighted by Gasteiger charge is 2.16. The monoisotopic (exact) mass is 265 g/mol. The summed E-state index contributed by atoms with van der Waals surface area (Å²) in [5.41, 5.74) is 4.95. The van der Waals surface area contributed by atoms with Crippen molar-refractivity contribution in [2.45, 2.75) is 0 Å². The van der Waals surface area contributed by atoms with Gasteiger partial charge in [-0.15, -0.1) is 0 Å². The zero-order valence-corrected chi connectivity index (χ0v) is 8.82. The Balaban J connectivity index is 3.33. The minimum absolute atomic E-state index is 0.0798. The van der Waals surface area contributed by atoms with E-state index in [0.29, 0.717) is 0 Å². The fourth-order valence-corrected chi connectivity index (χ4v) is 1.47. The summed E-state index contributed by atoms with van der Waals surface area (Å²) in [7, 11) is 0. The molecule has 0 saturated heterocycles. The van der Waals surface area contributed by atoms with Crippen LogP contribution in [0.5, 0.6) is 0 Å². The number of nitrogens with two attached hydrogens (primary N) is 1. The fourth-order valence-electron chi connectivity index (χ4n) is 0.885. The molecule has 1 rings (SSSR count). The maximum Gasteiger partial charge on any atom is 0.180 e. The summed E-state index contributed by atoms with van der Waals surface area (Å²) >= 11 is 8.59. The van der Waals surface area contributed by atoms with Gasteiger partial charge in [-0.05, 0) is 28.1 Å². The summed E-state index contributed by atoms with van der Waals surface area (Å²) < 4.78 is 13.5. The summed E-state index contributed by atoms with van der Waals surface area (Å²) in [5.74, 6) is -1.17. The average molecular weight is 266 g/mol. The lowest BCUT2D eigenvalue weighted by Crippen LogP contribution is -2.15. The fraction of sp³-hybridized carbons (Fsp3) is 0.125. The quantitative estimate of drug-likeness (QED) is 0.660. The molecule has 0 bridgehead atoms. The molecule has 0 aliphatic heterocycles. The van der Waals surface area contributed by atoms with E-state index in [1.807, 2.05) is 0 Å². The largest absolute Gasteiger partial charge is 0.324 e. The van der Waals surface area contributed by atoms with E-state index < -0.39 is 11.6 Å². The Bertz CT molecular complexity index is 356. The molecule has 0 aromatic heterocycles. The second kappa shape index (κ2) is 4.17. The number of carbonyl (C=O) groups is 1. The van der Waals surface area contributed by atoms with E-state index >= 15 is 0 Å². The number of benzene rings is 1. The molecule has 0 aliphatic rings. The molecule has 1 aromatic carbocycles. The molecule has 13 heavy (non-hydrogen) atoms. The third-order valence-electron chi connectivity index (χ3n) is 1.51. The molecule has 0 heterocycles. The highest BCUT2D eigenvalue weighted by Crippen LogP contribution is 2.25. The average Bonchev–Trinajstić information content (AvgIpc) is 2.12. The van der Waals surface area contributed by atoms with Gasteiger partial charge in [0.25, 0.3) is 0 Å². The first-order valence-electron chi connectivity index (χ1n) is 3.44. The van der Waals surface area contributed by atoms with Gasteiger partial charge >= 0.3 is 0 Å². The van der Waals surface area contributed by atoms with Crippen molar-refractivity contribution in [1.29, 1.82) is 0 Å². The van der Waals surface area contributed by atoms with E-state index in [2.05, 4.69) is 15.9 Å². The number of hydrogen-bond acceptors (Lipinski definition) is 2. The van der Waals surface area contributed by atoms with Crippen LogP contribution >= 0.6 is 27.5 Å². The van der Waals surface area contributed by atoms with Crippen LogP contribution in [0.15, 0.2) is 16.6 Å². The first kappa shape index (κ1) is 10.6. The molecule has 0 spiro atoms. The Morgan fingerprint density at radius 1 is 1.62 bits per heavy atom. The van der Waals surface area contributed by atoms with Crippen LogP contribution in [0.4, 0.5) is 4.39 Å². The molecule has 0 amide bonds. The zero-order valence-electron chi connectivity index (χ0n) is 6.48. The second-order valence-electron chi connectivity index (χ2n) is 2.35. The van der Waals surface area contributed by atoms with Crippen LogP contribution < -0.4 is 5.73 Å². The van der Waals surface area contributed by atoms with Gasteiger partial charge in [0.15, 0.2) is 5.78 Å². The van der Waals surface area contributed by atoms with Crippen LogP contribution in [0.3, 0.4) is 0 Å². The van der Waals surface area contributed by atoms with Crippen LogP contribution in [0.1, 0.15) is 10.4 Å². The van der Waals surface area contributed by atoms with Gasteiger partial charge in [-0.1, -0.05) is 11.6 Å². The smallest absolute Gasteiger partial charge is 0.180 e. The van der Waals surface area contributed by atoms with Gasteiger partial charge in [0.2, 0.25) is 0 Å². The number of ketones is 1. The molecule has 0 saturated carbocycles. The Kier molecular flexibility index (Phi) is 3.41.